The molecule has 0 unspecified atom stereocenters. The molecule has 2 amide bonds. The fraction of sp³-hybridized carbons (Fsp3) is 0.286. The first-order chi connectivity index (χ1) is 13.4. The number of aryl methyl sites for hydroxylation is 1. The zero-order valence-corrected chi connectivity index (χ0v) is 16.9. The zero-order chi connectivity index (χ0) is 20.1. The van der Waals surface area contributed by atoms with Crippen molar-refractivity contribution in [3.05, 3.63) is 65.2 Å². The number of amides is 2. The zero-order valence-electron chi connectivity index (χ0n) is 16.1. The van der Waals surface area contributed by atoms with E-state index in [0.29, 0.717) is 16.8 Å². The SMILES string of the molecule is Cc1ccccc1C(=O)NC(=S)Nc1cccc(C(=O)N2CCN(C)CC2)c1. The number of piperazine rings is 1. The van der Waals surface area contributed by atoms with Gasteiger partial charge in [0, 0.05) is 43.0 Å². The van der Waals surface area contributed by atoms with Crippen LogP contribution in [0.15, 0.2) is 48.5 Å². The van der Waals surface area contributed by atoms with Gasteiger partial charge in [0.2, 0.25) is 0 Å². The van der Waals surface area contributed by atoms with Gasteiger partial charge >= 0.3 is 0 Å². The maximum atomic E-state index is 12.7. The predicted molar refractivity (Wildman–Crippen MR) is 115 cm³/mol. The Bertz CT molecular complexity index is 891. The number of rotatable bonds is 3. The van der Waals surface area contributed by atoms with E-state index in [1.165, 1.54) is 0 Å². The monoisotopic (exact) mass is 396 g/mol. The highest BCUT2D eigenvalue weighted by atomic mass is 32.1. The third-order valence-electron chi connectivity index (χ3n) is 4.77. The molecule has 7 heteroatoms. The van der Waals surface area contributed by atoms with Crippen LogP contribution in [0.1, 0.15) is 26.3 Å². The molecule has 0 atom stereocenters. The van der Waals surface area contributed by atoms with Crippen LogP contribution in [0.5, 0.6) is 0 Å². The Morgan fingerprint density at radius 1 is 1.00 bits per heavy atom. The number of nitrogens with zero attached hydrogens (tertiary/aromatic N) is 2. The Morgan fingerprint density at radius 2 is 1.71 bits per heavy atom. The van der Waals surface area contributed by atoms with Crippen molar-refractivity contribution in [2.24, 2.45) is 0 Å². The lowest BCUT2D eigenvalue weighted by molar-refractivity contribution is 0.0664. The van der Waals surface area contributed by atoms with Crippen LogP contribution in [0.2, 0.25) is 0 Å². The number of benzene rings is 2. The molecule has 0 saturated carbocycles. The van der Waals surface area contributed by atoms with Crippen molar-refractivity contribution >= 4 is 34.8 Å². The number of thiocarbonyl (C=S) groups is 1. The molecule has 1 aliphatic rings. The normalized spacial score (nSPS) is 14.4. The van der Waals surface area contributed by atoms with E-state index in [0.717, 1.165) is 31.7 Å². The number of likely N-dealkylation sites (N-methyl/N-ethyl adjacent to an activating group) is 1. The molecule has 2 N–H and O–H groups in total. The lowest BCUT2D eigenvalue weighted by atomic mass is 10.1. The Morgan fingerprint density at radius 3 is 2.43 bits per heavy atom. The summed E-state index contributed by atoms with van der Waals surface area (Å²) in [6, 6.07) is 14.5. The van der Waals surface area contributed by atoms with E-state index in [1.807, 2.05) is 36.1 Å². The van der Waals surface area contributed by atoms with Crippen LogP contribution < -0.4 is 10.6 Å². The first-order valence-electron chi connectivity index (χ1n) is 9.20. The molecule has 3 rings (SSSR count). The summed E-state index contributed by atoms with van der Waals surface area (Å²) in [5.74, 6) is -0.258. The van der Waals surface area contributed by atoms with E-state index in [4.69, 9.17) is 12.2 Å². The van der Waals surface area contributed by atoms with Gasteiger partial charge in [0.1, 0.15) is 0 Å². The van der Waals surface area contributed by atoms with Gasteiger partial charge in [0.05, 0.1) is 0 Å². The summed E-state index contributed by atoms with van der Waals surface area (Å²) in [6.45, 7) is 5.06. The number of hydrogen-bond acceptors (Lipinski definition) is 4. The van der Waals surface area contributed by atoms with Crippen LogP contribution in [0.4, 0.5) is 5.69 Å². The Hall–Kier alpha value is -2.77. The van der Waals surface area contributed by atoms with Crippen molar-refractivity contribution in [2.45, 2.75) is 6.92 Å². The van der Waals surface area contributed by atoms with E-state index in [2.05, 4.69) is 22.6 Å². The van der Waals surface area contributed by atoms with Gasteiger partial charge in [-0.25, -0.2) is 0 Å². The average molecular weight is 397 g/mol. The molecule has 2 aromatic rings. The van der Waals surface area contributed by atoms with Crippen LogP contribution in [-0.4, -0.2) is 60.0 Å². The van der Waals surface area contributed by atoms with E-state index >= 15 is 0 Å². The molecule has 0 aromatic heterocycles. The Labute approximate surface area is 170 Å². The third kappa shape index (κ3) is 4.94. The number of hydrogen-bond donors (Lipinski definition) is 2. The molecule has 0 aliphatic carbocycles. The van der Waals surface area contributed by atoms with Crippen LogP contribution >= 0.6 is 12.2 Å². The topological polar surface area (TPSA) is 64.7 Å². The summed E-state index contributed by atoms with van der Waals surface area (Å²) < 4.78 is 0. The van der Waals surface area contributed by atoms with Gasteiger partial charge in [-0.15, -0.1) is 0 Å². The van der Waals surface area contributed by atoms with Crippen molar-refractivity contribution in [3.8, 4) is 0 Å². The van der Waals surface area contributed by atoms with Gasteiger partial charge in [0.25, 0.3) is 11.8 Å². The van der Waals surface area contributed by atoms with Gasteiger partial charge in [-0.1, -0.05) is 24.3 Å². The highest BCUT2D eigenvalue weighted by Gasteiger charge is 2.20. The summed E-state index contributed by atoms with van der Waals surface area (Å²) in [5.41, 5.74) is 2.71. The molecule has 0 bridgehead atoms. The molecule has 28 heavy (non-hydrogen) atoms. The molecule has 0 spiro atoms. The van der Waals surface area contributed by atoms with Gasteiger partial charge < -0.3 is 15.1 Å². The van der Waals surface area contributed by atoms with Gasteiger partial charge in [-0.3, -0.25) is 14.9 Å². The van der Waals surface area contributed by atoms with Crippen molar-refractivity contribution in [1.82, 2.24) is 15.1 Å². The number of carbonyl (C=O) groups is 2. The molecule has 1 heterocycles. The summed E-state index contributed by atoms with van der Waals surface area (Å²) in [6.07, 6.45) is 0. The second kappa shape index (κ2) is 8.95. The number of nitrogens with one attached hydrogen (secondary N) is 2. The van der Waals surface area contributed by atoms with Gasteiger partial charge in [-0.05, 0) is 56.0 Å². The van der Waals surface area contributed by atoms with E-state index < -0.39 is 0 Å². The first-order valence-corrected chi connectivity index (χ1v) is 9.61. The van der Waals surface area contributed by atoms with Crippen LogP contribution in [0.25, 0.3) is 0 Å². The minimum atomic E-state index is -0.264. The Kier molecular flexibility index (Phi) is 6.38. The van der Waals surface area contributed by atoms with Crippen LogP contribution in [-0.2, 0) is 0 Å². The van der Waals surface area contributed by atoms with E-state index in [1.54, 1.807) is 24.3 Å². The number of carbonyl (C=O) groups excluding carboxylic acids is 2. The lowest BCUT2D eigenvalue weighted by Gasteiger charge is -2.32. The Balaban J connectivity index is 1.62. The first kappa shape index (κ1) is 20.0. The molecular weight excluding hydrogens is 372 g/mol. The van der Waals surface area contributed by atoms with Crippen molar-refractivity contribution in [1.29, 1.82) is 0 Å². The highest BCUT2D eigenvalue weighted by Crippen LogP contribution is 2.14. The molecule has 146 valence electrons. The molecule has 1 aliphatic heterocycles. The number of anilines is 1. The fourth-order valence-corrected chi connectivity index (χ4v) is 3.29. The predicted octanol–water partition coefficient (Wildman–Crippen LogP) is 2.51. The minimum Gasteiger partial charge on any atom is -0.336 e. The second-order valence-corrected chi connectivity index (χ2v) is 7.31. The standard InChI is InChI=1S/C21H24N4O2S/c1-15-6-3-4-9-18(15)19(26)23-21(28)22-17-8-5-7-16(14-17)20(27)25-12-10-24(2)11-13-25/h3-9,14H,10-13H2,1-2H3,(H2,22,23,26,28). The van der Waals surface area contributed by atoms with Crippen molar-refractivity contribution in [2.75, 3.05) is 38.5 Å². The van der Waals surface area contributed by atoms with E-state index in [9.17, 15) is 9.59 Å². The van der Waals surface area contributed by atoms with Crippen molar-refractivity contribution in [3.63, 3.8) is 0 Å². The molecule has 0 radical (unpaired) electrons. The van der Waals surface area contributed by atoms with Crippen LogP contribution in [0, 0.1) is 6.92 Å². The van der Waals surface area contributed by atoms with Crippen LogP contribution in [0.3, 0.4) is 0 Å². The smallest absolute Gasteiger partial charge is 0.257 e. The summed E-state index contributed by atoms with van der Waals surface area (Å²) in [7, 11) is 2.05. The minimum absolute atomic E-state index is 0.00612. The molecule has 1 fully saturated rings. The molecule has 2 aromatic carbocycles. The second-order valence-electron chi connectivity index (χ2n) is 6.90. The molecular formula is C21H24N4O2S. The quantitative estimate of drug-likeness (QED) is 0.781. The average Bonchev–Trinajstić information content (AvgIpc) is 2.68. The summed E-state index contributed by atoms with van der Waals surface area (Å²) in [5, 5.41) is 5.86. The largest absolute Gasteiger partial charge is 0.336 e. The molecule has 6 nitrogen and oxygen atoms in total. The van der Waals surface area contributed by atoms with Gasteiger partial charge in [-0.2, -0.15) is 0 Å². The van der Waals surface area contributed by atoms with E-state index in [-0.39, 0.29) is 16.9 Å². The van der Waals surface area contributed by atoms with Gasteiger partial charge in [0.15, 0.2) is 5.11 Å². The maximum Gasteiger partial charge on any atom is 0.257 e. The third-order valence-corrected chi connectivity index (χ3v) is 4.98. The fourth-order valence-electron chi connectivity index (χ4n) is 3.08. The lowest BCUT2D eigenvalue weighted by Crippen LogP contribution is -2.47. The highest BCUT2D eigenvalue weighted by molar-refractivity contribution is 7.80. The summed E-state index contributed by atoms with van der Waals surface area (Å²) >= 11 is 5.26. The van der Waals surface area contributed by atoms with Crippen molar-refractivity contribution < 1.29 is 9.59 Å². The summed E-state index contributed by atoms with van der Waals surface area (Å²) in [4.78, 5) is 29.2. The molecule has 1 saturated heterocycles. The maximum absolute atomic E-state index is 12.7.